The lowest BCUT2D eigenvalue weighted by Crippen LogP contribution is -2.64. The van der Waals surface area contributed by atoms with Crippen molar-refractivity contribution < 1.29 is 22.3 Å². The molecule has 10 nitrogen and oxygen atoms in total. The van der Waals surface area contributed by atoms with Gasteiger partial charge in [0.25, 0.3) is 10.0 Å². The Morgan fingerprint density at radius 1 is 1.32 bits per heavy atom. The van der Waals surface area contributed by atoms with Crippen LogP contribution in [0.5, 0.6) is 0 Å². The van der Waals surface area contributed by atoms with Crippen LogP contribution in [0.15, 0.2) is 30.6 Å². The van der Waals surface area contributed by atoms with E-state index in [4.69, 9.17) is 4.74 Å². The summed E-state index contributed by atoms with van der Waals surface area (Å²) in [4.78, 5) is 16.3. The van der Waals surface area contributed by atoms with Gasteiger partial charge in [0, 0.05) is 31.2 Å². The maximum absolute atomic E-state index is 15.3. The third-order valence-corrected chi connectivity index (χ3v) is 6.47. The van der Waals surface area contributed by atoms with Gasteiger partial charge in [-0.05, 0) is 12.0 Å². The zero-order valence-corrected chi connectivity index (χ0v) is 18.3. The molecule has 2 fully saturated rings. The van der Waals surface area contributed by atoms with Crippen molar-refractivity contribution in [3.63, 3.8) is 0 Å². The molecule has 1 N–H and O–H groups in total. The molecule has 4 rings (SSSR count). The van der Waals surface area contributed by atoms with E-state index in [2.05, 4.69) is 22.1 Å². The van der Waals surface area contributed by atoms with Crippen molar-refractivity contribution in [2.75, 3.05) is 30.8 Å². The van der Waals surface area contributed by atoms with Crippen LogP contribution in [0, 0.1) is 11.7 Å². The van der Waals surface area contributed by atoms with Crippen molar-refractivity contribution in [3.05, 3.63) is 36.4 Å². The largest absolute Gasteiger partial charge is 0.442 e. The Bertz CT molecular complexity index is 1050. The number of carbonyl (C=O) groups excluding carboxylic acids is 1. The van der Waals surface area contributed by atoms with Crippen LogP contribution in [0.1, 0.15) is 19.8 Å². The first kappa shape index (κ1) is 21.7. The summed E-state index contributed by atoms with van der Waals surface area (Å²) < 4.78 is 46.1. The summed E-state index contributed by atoms with van der Waals surface area (Å²) in [5, 5.41) is 7.58. The van der Waals surface area contributed by atoms with Gasteiger partial charge in [-0.2, -0.15) is 4.59 Å². The molecular formula is C19H26FN6O4S+. The third kappa shape index (κ3) is 4.70. The molecule has 31 heavy (non-hydrogen) atoms. The fourth-order valence-corrected chi connectivity index (χ4v) is 5.13. The number of nitrogens with zero attached hydrogens (tertiary/aromatic N) is 5. The number of cyclic esters (lactones) is 1. The van der Waals surface area contributed by atoms with E-state index in [1.54, 1.807) is 23.0 Å². The lowest BCUT2D eigenvalue weighted by Gasteiger charge is -2.41. The molecule has 2 aliphatic heterocycles. The van der Waals surface area contributed by atoms with Gasteiger partial charge in [-0.25, -0.2) is 22.3 Å². The molecule has 1 aromatic carbocycles. The molecule has 0 spiro atoms. The number of nitrogens with one attached hydrogen (secondary N) is 1. The van der Waals surface area contributed by atoms with E-state index in [9.17, 15) is 13.2 Å². The van der Waals surface area contributed by atoms with Crippen molar-refractivity contribution >= 4 is 27.5 Å². The van der Waals surface area contributed by atoms with Gasteiger partial charge in [0.15, 0.2) is 11.5 Å². The highest BCUT2D eigenvalue weighted by Crippen LogP contribution is 2.34. The summed E-state index contributed by atoms with van der Waals surface area (Å²) in [5.41, 5.74) is 0.600. The molecule has 1 aromatic heterocycles. The predicted molar refractivity (Wildman–Crippen MR) is 112 cm³/mol. The minimum Gasteiger partial charge on any atom is -0.442 e. The smallest absolute Gasteiger partial charge is 0.414 e. The summed E-state index contributed by atoms with van der Waals surface area (Å²) in [6, 6.07) is 4.44. The number of hydrogen-bond donors (Lipinski definition) is 1. The van der Waals surface area contributed by atoms with Crippen molar-refractivity contribution in [1.29, 1.82) is 0 Å². The number of carbonyl (C=O) groups is 1. The van der Waals surface area contributed by atoms with Crippen LogP contribution in [-0.2, 0) is 21.3 Å². The summed E-state index contributed by atoms with van der Waals surface area (Å²) >= 11 is 0. The van der Waals surface area contributed by atoms with Gasteiger partial charge in [-0.15, -0.1) is 5.10 Å². The number of benzene rings is 1. The van der Waals surface area contributed by atoms with E-state index in [-0.39, 0.29) is 16.8 Å². The molecule has 2 aliphatic rings. The van der Waals surface area contributed by atoms with Crippen LogP contribution in [0.4, 0.5) is 20.6 Å². The number of aromatic nitrogens is 3. The van der Waals surface area contributed by atoms with E-state index in [0.717, 1.165) is 19.1 Å². The summed E-state index contributed by atoms with van der Waals surface area (Å²) in [5.74, 6) is -0.132. The van der Waals surface area contributed by atoms with E-state index in [0.29, 0.717) is 31.2 Å². The van der Waals surface area contributed by atoms with Crippen molar-refractivity contribution in [1.82, 2.24) is 24.4 Å². The van der Waals surface area contributed by atoms with Crippen molar-refractivity contribution in [2.24, 2.45) is 5.92 Å². The van der Waals surface area contributed by atoms with Crippen LogP contribution in [0.3, 0.4) is 0 Å². The molecule has 168 valence electrons. The van der Waals surface area contributed by atoms with E-state index in [1.165, 1.54) is 17.2 Å². The van der Waals surface area contributed by atoms with Gasteiger partial charge in [-0.3, -0.25) is 4.90 Å². The molecule has 2 saturated heterocycles. The average Bonchev–Trinajstić information content (AvgIpc) is 3.32. The normalized spacial score (nSPS) is 26.8. The fourth-order valence-electron chi connectivity index (χ4n) is 4.21. The zero-order chi connectivity index (χ0) is 22.2. The molecule has 0 bridgehead atoms. The van der Waals surface area contributed by atoms with Gasteiger partial charge < -0.3 is 4.74 Å². The first-order chi connectivity index (χ1) is 14.7. The average molecular weight is 454 g/mol. The van der Waals surface area contributed by atoms with Gasteiger partial charge in [0.1, 0.15) is 19.2 Å². The highest BCUT2D eigenvalue weighted by molar-refractivity contribution is 7.88. The first-order valence-corrected chi connectivity index (χ1v) is 12.0. The van der Waals surface area contributed by atoms with Crippen molar-refractivity contribution in [3.8, 4) is 0 Å². The Morgan fingerprint density at radius 3 is 2.68 bits per heavy atom. The Hall–Kier alpha value is -2.57. The molecule has 2 aromatic rings. The molecule has 1 atom stereocenters. The van der Waals surface area contributed by atoms with Gasteiger partial charge in [-0.1, -0.05) is 17.0 Å². The summed E-state index contributed by atoms with van der Waals surface area (Å²) in [6.45, 7) is 3.60. The van der Waals surface area contributed by atoms with E-state index in [1.807, 2.05) is 0 Å². The van der Waals surface area contributed by atoms with Gasteiger partial charge in [0.05, 0.1) is 31.2 Å². The highest BCUT2D eigenvalue weighted by atomic mass is 32.2. The molecule has 1 unspecified atom stereocenters. The van der Waals surface area contributed by atoms with Crippen LogP contribution >= 0.6 is 0 Å². The molecule has 0 aliphatic carbocycles. The number of halogens is 1. The number of hydrogen-bond acceptors (Lipinski definition) is 6. The predicted octanol–water partition coefficient (Wildman–Crippen LogP) is 1.64. The van der Waals surface area contributed by atoms with E-state index < -0.39 is 28.0 Å². The number of piperidine rings is 1. The Labute approximate surface area is 180 Å². The standard InChI is InChI=1S/C19H26FN6O4S/c1-14-5-9-26(10-6-14,23-31(2,28)29)18-4-3-15(11-17(18)20)25-13-16(30-19(25)27)12-24-8-7-21-22-24/h3-4,7-8,11,14,16,23H,5-6,9-10,12-13H2,1-2H3/q+1. The van der Waals surface area contributed by atoms with E-state index >= 15 is 4.39 Å². The fraction of sp³-hybridized carbons (Fsp3) is 0.526. The molecule has 0 radical (unpaired) electrons. The Kier molecular flexibility index (Phi) is 5.71. The van der Waals surface area contributed by atoms with Crippen LogP contribution in [0.2, 0.25) is 0 Å². The quantitative estimate of drug-likeness (QED) is 0.667. The minimum absolute atomic E-state index is 0.172. The second-order valence-electron chi connectivity index (χ2n) is 8.34. The monoisotopic (exact) mass is 453 g/mol. The minimum atomic E-state index is -3.57. The lowest BCUT2D eigenvalue weighted by atomic mass is 9.97. The van der Waals surface area contributed by atoms with Gasteiger partial charge in [0.2, 0.25) is 0 Å². The maximum Gasteiger partial charge on any atom is 0.414 e. The molecule has 3 heterocycles. The molecular weight excluding hydrogens is 427 g/mol. The topological polar surface area (TPSA) is 106 Å². The summed E-state index contributed by atoms with van der Waals surface area (Å²) in [6.07, 6.45) is 4.81. The second-order valence-corrected chi connectivity index (χ2v) is 10.1. The second kappa shape index (κ2) is 8.17. The Balaban J connectivity index is 1.57. The number of amides is 1. The molecule has 1 amide bonds. The van der Waals surface area contributed by atoms with Crippen molar-refractivity contribution in [2.45, 2.75) is 32.4 Å². The number of rotatable bonds is 6. The first-order valence-electron chi connectivity index (χ1n) is 10.1. The number of sulfonamides is 1. The lowest BCUT2D eigenvalue weighted by molar-refractivity contribution is 0.129. The van der Waals surface area contributed by atoms with Crippen LogP contribution in [0.25, 0.3) is 0 Å². The van der Waals surface area contributed by atoms with Gasteiger partial charge >= 0.3 is 6.09 Å². The summed E-state index contributed by atoms with van der Waals surface area (Å²) in [7, 11) is -3.57. The number of ether oxygens (including phenoxy) is 1. The number of anilines is 1. The van der Waals surface area contributed by atoms with Crippen LogP contribution < -0.4 is 14.3 Å². The van der Waals surface area contributed by atoms with Crippen LogP contribution in [-0.4, -0.2) is 61.5 Å². The molecule has 12 heteroatoms. The zero-order valence-electron chi connectivity index (χ0n) is 17.4. The molecule has 0 saturated carbocycles. The maximum atomic E-state index is 15.3. The Morgan fingerprint density at radius 2 is 2.06 bits per heavy atom. The SMILES string of the molecule is CC1CC[N+](NS(C)(=O)=O)(c2ccc(N3CC(Cn4ccnn4)OC3=O)cc2F)CC1. The number of quaternary nitrogens is 1. The highest BCUT2D eigenvalue weighted by Gasteiger charge is 2.41. The third-order valence-electron chi connectivity index (χ3n) is 5.79.